The van der Waals surface area contributed by atoms with Crippen LogP contribution in [0.1, 0.15) is 75.5 Å². The van der Waals surface area contributed by atoms with Gasteiger partial charge in [0.15, 0.2) is 0 Å². The van der Waals surface area contributed by atoms with Gasteiger partial charge in [-0.2, -0.15) is 0 Å². The smallest absolute Gasteiger partial charge is 0.322 e. The lowest BCUT2D eigenvalue weighted by Gasteiger charge is -2.20. The van der Waals surface area contributed by atoms with Crippen LogP contribution in [0.3, 0.4) is 0 Å². The number of carbonyl (C=O) groups is 1. The van der Waals surface area contributed by atoms with Crippen molar-refractivity contribution in [1.29, 1.82) is 0 Å². The van der Waals surface area contributed by atoms with Crippen LogP contribution in [0.2, 0.25) is 10.0 Å². The van der Waals surface area contributed by atoms with Crippen LogP contribution in [0.4, 0.5) is 0 Å². The Morgan fingerprint density at radius 2 is 1.62 bits per heavy atom. The summed E-state index contributed by atoms with van der Waals surface area (Å²) in [6, 6.07) is 13.7. The van der Waals surface area contributed by atoms with E-state index >= 15 is 0 Å². The van der Waals surface area contributed by atoms with Crippen molar-refractivity contribution in [3.63, 3.8) is 0 Å². The molecule has 0 N–H and O–H groups in total. The Labute approximate surface area is 203 Å². The highest BCUT2D eigenvalue weighted by atomic mass is 35.5. The van der Waals surface area contributed by atoms with Crippen LogP contribution in [-0.2, 0) is 22.6 Å². The van der Waals surface area contributed by atoms with Crippen LogP contribution in [0, 0.1) is 11.8 Å². The molecular weight excluding hydrogens is 441 g/mol. The van der Waals surface area contributed by atoms with Gasteiger partial charge in [0.2, 0.25) is 0 Å². The van der Waals surface area contributed by atoms with E-state index in [1.165, 1.54) is 45.4 Å². The number of hydroxylamine groups is 2. The molecule has 0 aliphatic rings. The Morgan fingerprint density at radius 3 is 2.31 bits per heavy atom. The molecule has 2 rings (SSSR count). The van der Waals surface area contributed by atoms with Gasteiger partial charge in [-0.05, 0) is 48.2 Å². The van der Waals surface area contributed by atoms with E-state index in [1.807, 2.05) is 36.4 Å². The third kappa shape index (κ3) is 10.6. The van der Waals surface area contributed by atoms with Crippen molar-refractivity contribution < 1.29 is 9.63 Å². The zero-order valence-corrected chi connectivity index (χ0v) is 20.6. The predicted molar refractivity (Wildman–Crippen MR) is 134 cm³/mol. The first-order valence-corrected chi connectivity index (χ1v) is 12.2. The van der Waals surface area contributed by atoms with Gasteiger partial charge in [-0.1, -0.05) is 92.3 Å². The van der Waals surface area contributed by atoms with Gasteiger partial charge in [0.25, 0.3) is 0 Å². The SMILES string of the molecule is CCCCCCCCC#Cc1ccc(CN(CCc2ccc(Cl)c(Cl)c2)OC(C)=O)cc1. The van der Waals surface area contributed by atoms with Gasteiger partial charge >= 0.3 is 5.97 Å². The maximum atomic E-state index is 11.5. The monoisotopic (exact) mass is 473 g/mol. The number of carbonyl (C=O) groups excluding carboxylic acids is 1. The van der Waals surface area contributed by atoms with Crippen LogP contribution in [0.25, 0.3) is 0 Å². The maximum absolute atomic E-state index is 11.5. The number of hydrogen-bond acceptors (Lipinski definition) is 3. The normalized spacial score (nSPS) is 10.7. The molecule has 0 heterocycles. The standard InChI is InChI=1S/C27H33Cl2NO2/c1-3-4-5-6-7-8-9-10-11-23-12-14-25(15-13-23)21-30(32-22(2)31)19-18-24-16-17-26(28)27(29)20-24/h12-17,20H,3-9,18-19,21H2,1-2H3. The van der Waals surface area contributed by atoms with Gasteiger partial charge in [0, 0.05) is 25.5 Å². The molecule has 0 aromatic heterocycles. The third-order valence-electron chi connectivity index (χ3n) is 5.09. The molecule has 0 radical (unpaired) electrons. The average Bonchev–Trinajstić information content (AvgIpc) is 2.77. The number of hydrogen-bond donors (Lipinski definition) is 0. The minimum absolute atomic E-state index is 0.337. The van der Waals surface area contributed by atoms with Crippen LogP contribution >= 0.6 is 23.2 Å². The first-order valence-electron chi connectivity index (χ1n) is 11.4. The first kappa shape index (κ1) is 26.3. The lowest BCUT2D eigenvalue weighted by molar-refractivity contribution is -0.190. The molecule has 0 aliphatic carbocycles. The molecule has 0 saturated carbocycles. The Bertz CT molecular complexity index is 900. The fraction of sp³-hybridized carbons (Fsp3) is 0.444. The predicted octanol–water partition coefficient (Wildman–Crippen LogP) is 7.62. The summed E-state index contributed by atoms with van der Waals surface area (Å²) in [5, 5.41) is 2.73. The Hall–Kier alpha value is -1.99. The number of halogens is 2. The summed E-state index contributed by atoms with van der Waals surface area (Å²) in [5.74, 6) is 6.18. The van der Waals surface area contributed by atoms with Crippen molar-refractivity contribution in [3.8, 4) is 11.8 Å². The van der Waals surface area contributed by atoms with Crippen LogP contribution in [-0.4, -0.2) is 17.6 Å². The number of rotatable bonds is 12. The summed E-state index contributed by atoms with van der Waals surface area (Å²) in [6.45, 7) is 4.71. The molecule has 32 heavy (non-hydrogen) atoms. The quantitative estimate of drug-likeness (QED) is 0.180. The summed E-state index contributed by atoms with van der Waals surface area (Å²) in [7, 11) is 0. The molecule has 0 fully saturated rings. The van der Waals surface area contributed by atoms with Gasteiger partial charge in [0.1, 0.15) is 0 Å². The lowest BCUT2D eigenvalue weighted by atomic mass is 10.1. The van der Waals surface area contributed by atoms with E-state index in [0.717, 1.165) is 23.1 Å². The van der Waals surface area contributed by atoms with Gasteiger partial charge < -0.3 is 4.84 Å². The second-order valence-corrected chi connectivity index (χ2v) is 8.78. The van der Waals surface area contributed by atoms with Crippen LogP contribution in [0.5, 0.6) is 0 Å². The fourth-order valence-electron chi connectivity index (χ4n) is 3.34. The molecule has 0 aliphatic heterocycles. The summed E-state index contributed by atoms with van der Waals surface area (Å²) in [4.78, 5) is 16.9. The Kier molecular flexibility index (Phi) is 12.3. The van der Waals surface area contributed by atoms with Crippen molar-refractivity contribution >= 4 is 29.2 Å². The number of benzene rings is 2. The molecule has 0 atom stereocenters. The van der Waals surface area contributed by atoms with E-state index in [1.54, 1.807) is 11.1 Å². The third-order valence-corrected chi connectivity index (χ3v) is 5.83. The minimum Gasteiger partial charge on any atom is -0.368 e. The highest BCUT2D eigenvalue weighted by Crippen LogP contribution is 2.23. The van der Waals surface area contributed by atoms with E-state index < -0.39 is 0 Å². The zero-order chi connectivity index (χ0) is 23.2. The number of unbranched alkanes of at least 4 members (excludes halogenated alkanes) is 6. The van der Waals surface area contributed by atoms with Gasteiger partial charge in [-0.3, -0.25) is 4.79 Å². The van der Waals surface area contributed by atoms with Gasteiger partial charge in [-0.15, -0.1) is 5.06 Å². The van der Waals surface area contributed by atoms with E-state index in [0.29, 0.717) is 29.6 Å². The molecule has 172 valence electrons. The molecule has 0 unspecified atom stereocenters. The first-order chi connectivity index (χ1) is 15.5. The van der Waals surface area contributed by atoms with Crippen LogP contribution < -0.4 is 0 Å². The Balaban J connectivity index is 1.84. The summed E-state index contributed by atoms with van der Waals surface area (Å²) in [6.07, 6.45) is 9.34. The molecule has 0 spiro atoms. The molecule has 5 heteroatoms. The number of nitrogens with zero attached hydrogens (tertiary/aromatic N) is 1. The largest absolute Gasteiger partial charge is 0.368 e. The molecule has 0 saturated heterocycles. The van der Waals surface area contributed by atoms with E-state index in [-0.39, 0.29) is 5.97 Å². The van der Waals surface area contributed by atoms with Gasteiger partial charge in [-0.25, -0.2) is 0 Å². The van der Waals surface area contributed by atoms with Crippen molar-refractivity contribution in [2.45, 2.75) is 71.8 Å². The molecule has 3 nitrogen and oxygen atoms in total. The van der Waals surface area contributed by atoms with Gasteiger partial charge in [0.05, 0.1) is 16.6 Å². The summed E-state index contributed by atoms with van der Waals surface area (Å²) < 4.78 is 0. The maximum Gasteiger partial charge on any atom is 0.322 e. The Morgan fingerprint density at radius 1 is 0.938 bits per heavy atom. The highest BCUT2D eigenvalue weighted by molar-refractivity contribution is 6.42. The minimum atomic E-state index is -0.337. The topological polar surface area (TPSA) is 29.5 Å². The van der Waals surface area contributed by atoms with E-state index in [2.05, 4.69) is 18.8 Å². The highest BCUT2D eigenvalue weighted by Gasteiger charge is 2.11. The summed E-state index contributed by atoms with van der Waals surface area (Å²) in [5.41, 5.74) is 3.10. The molecule has 2 aromatic rings. The van der Waals surface area contributed by atoms with Crippen LogP contribution in [0.15, 0.2) is 42.5 Å². The average molecular weight is 474 g/mol. The second kappa shape index (κ2) is 15.0. The van der Waals surface area contributed by atoms with Crippen molar-refractivity contribution in [1.82, 2.24) is 5.06 Å². The van der Waals surface area contributed by atoms with E-state index in [9.17, 15) is 4.79 Å². The van der Waals surface area contributed by atoms with Crippen molar-refractivity contribution in [2.24, 2.45) is 0 Å². The lowest BCUT2D eigenvalue weighted by Crippen LogP contribution is -2.28. The molecule has 0 amide bonds. The molecule has 0 bridgehead atoms. The molecule has 2 aromatic carbocycles. The second-order valence-electron chi connectivity index (χ2n) is 7.96. The summed E-state index contributed by atoms with van der Waals surface area (Å²) >= 11 is 12.1. The van der Waals surface area contributed by atoms with Crippen molar-refractivity contribution in [2.75, 3.05) is 6.54 Å². The zero-order valence-electron chi connectivity index (χ0n) is 19.1. The fourth-order valence-corrected chi connectivity index (χ4v) is 3.66. The van der Waals surface area contributed by atoms with E-state index in [4.69, 9.17) is 28.0 Å². The van der Waals surface area contributed by atoms with Crippen molar-refractivity contribution in [3.05, 3.63) is 69.2 Å². The molecular formula is C27H33Cl2NO2.